The van der Waals surface area contributed by atoms with E-state index in [0.29, 0.717) is 76.2 Å². The Hall–Kier alpha value is -11.0. The largest absolute Gasteiger partial charge is 0.437 e. The molecule has 560 valence electrons. The summed E-state index contributed by atoms with van der Waals surface area (Å²) in [6.45, 7) is 21.9. The summed E-state index contributed by atoms with van der Waals surface area (Å²) in [4.78, 5) is 44.9. The van der Waals surface area contributed by atoms with Crippen molar-refractivity contribution >= 4 is 86.5 Å². The third-order valence-electron chi connectivity index (χ3n) is 20.4. The van der Waals surface area contributed by atoms with E-state index >= 15 is 0 Å². The molecule has 10 heterocycles. The summed E-state index contributed by atoms with van der Waals surface area (Å²) in [5.41, 5.74) is 31.5. The highest BCUT2D eigenvalue weighted by Gasteiger charge is 2.27. The Morgan fingerprint density at radius 1 is 0.560 bits per heavy atom. The van der Waals surface area contributed by atoms with Crippen LogP contribution in [0.15, 0.2) is 146 Å². The predicted molar refractivity (Wildman–Crippen MR) is 425 cm³/mol. The van der Waals surface area contributed by atoms with Crippen LogP contribution in [0.2, 0.25) is 13.6 Å². The number of hydrogen-bond acceptors (Lipinski definition) is 18. The lowest BCUT2D eigenvalue weighted by Crippen LogP contribution is -2.36. The van der Waals surface area contributed by atoms with E-state index in [4.69, 9.17) is 31.0 Å². The average molecular weight is 1470 g/mol. The minimum atomic E-state index is -0.540. The van der Waals surface area contributed by atoms with Crippen molar-refractivity contribution in [3.63, 3.8) is 0 Å². The Morgan fingerprint density at radius 2 is 1.04 bits per heavy atom. The van der Waals surface area contributed by atoms with Gasteiger partial charge in [0.05, 0.1) is 50.0 Å². The van der Waals surface area contributed by atoms with E-state index in [1.165, 1.54) is 53.6 Å². The second kappa shape index (κ2) is 34.1. The monoisotopic (exact) mass is 1470 g/mol. The molecule has 0 spiro atoms. The molecule has 10 N–H and O–H groups in total. The molecule has 109 heavy (non-hydrogen) atoms. The number of H-pyrrole nitrogens is 3. The molecule has 0 aliphatic carbocycles. The van der Waals surface area contributed by atoms with E-state index in [0.717, 1.165) is 166 Å². The number of nitrogens with one attached hydrogen (secondary N) is 4. The molecule has 0 radical (unpaired) electrons. The lowest BCUT2D eigenvalue weighted by Gasteiger charge is -2.23. The maximum atomic E-state index is 13.9. The van der Waals surface area contributed by atoms with Crippen molar-refractivity contribution in [2.45, 2.75) is 126 Å². The average Bonchev–Trinajstić information content (AvgIpc) is 1.62. The number of aldehydes is 1. The van der Waals surface area contributed by atoms with Gasteiger partial charge < -0.3 is 55.9 Å². The normalized spacial score (nSPS) is 14.4. The number of pyridine rings is 3. The second-order valence-electron chi connectivity index (χ2n) is 27.5. The first-order chi connectivity index (χ1) is 52.8. The number of ether oxygens (including phenoxy) is 2. The summed E-state index contributed by atoms with van der Waals surface area (Å²) in [6.07, 6.45) is 17.9. The van der Waals surface area contributed by atoms with Crippen molar-refractivity contribution in [1.29, 1.82) is 0 Å². The SMILES string of the molecule is CCN(Cc1cncc(-c2ccc3c(c2)c(-c2nc4ccc(F)cc4[nH]2)nn3C2CCCCO2)c1C)B(C)O.CCN(Cc1cncc(-c2ccc3c(c2)c(C=O)nn3C2CCCCO2)c1C)B(C)O.CCNCc1cncc(-c2ccc3[nH]nc(-c4nc5ccc(F)cc5[nH]4)c3c2)c1C.Nc1ccc(F)cc1N. The summed E-state index contributed by atoms with van der Waals surface area (Å²) >= 11 is 0. The van der Waals surface area contributed by atoms with Crippen LogP contribution in [0.1, 0.15) is 116 Å². The highest BCUT2D eigenvalue weighted by Crippen LogP contribution is 2.39. The van der Waals surface area contributed by atoms with Crippen LogP contribution in [0.5, 0.6) is 0 Å². The van der Waals surface area contributed by atoms with E-state index in [1.54, 1.807) is 25.8 Å². The minimum absolute atomic E-state index is 0.122. The van der Waals surface area contributed by atoms with Gasteiger partial charge in [-0.1, -0.05) is 39.0 Å². The topological polar surface area (TPSA) is 307 Å². The molecule has 0 bridgehead atoms. The van der Waals surface area contributed by atoms with Crippen molar-refractivity contribution in [2.75, 3.05) is 44.3 Å². The van der Waals surface area contributed by atoms with Crippen LogP contribution in [0.25, 0.3) is 111 Å². The summed E-state index contributed by atoms with van der Waals surface area (Å²) in [5.74, 6) is 0.223. The van der Waals surface area contributed by atoms with Crippen LogP contribution in [-0.2, 0) is 29.1 Å². The maximum absolute atomic E-state index is 13.9. The zero-order valence-electron chi connectivity index (χ0n) is 62.4. The first-order valence-corrected chi connectivity index (χ1v) is 37.0. The number of aromatic amines is 3. The predicted octanol–water partition coefficient (Wildman–Crippen LogP) is 15.3. The Labute approximate surface area is 630 Å². The first kappa shape index (κ1) is 76.2. The van der Waals surface area contributed by atoms with E-state index in [1.807, 2.05) is 88.2 Å². The van der Waals surface area contributed by atoms with Gasteiger partial charge >= 0.3 is 14.1 Å². The van der Waals surface area contributed by atoms with Crippen molar-refractivity contribution in [1.82, 2.24) is 79.6 Å². The highest BCUT2D eigenvalue weighted by molar-refractivity contribution is 6.45. The number of anilines is 2. The van der Waals surface area contributed by atoms with Crippen LogP contribution in [0.3, 0.4) is 0 Å². The lowest BCUT2D eigenvalue weighted by molar-refractivity contribution is -0.0368. The molecule has 2 atom stereocenters. The number of fused-ring (bicyclic) bond motifs is 5. The molecule has 14 aromatic rings. The molecular weight excluding hydrogens is 1380 g/mol. The van der Waals surface area contributed by atoms with Crippen LogP contribution in [0.4, 0.5) is 24.5 Å². The number of carbonyl (C=O) groups excluding carboxylic acids is 1. The lowest BCUT2D eigenvalue weighted by atomic mass is 9.84. The zero-order chi connectivity index (χ0) is 76.6. The Balaban J connectivity index is 0.000000137. The molecule has 0 saturated carbocycles. The van der Waals surface area contributed by atoms with Crippen molar-refractivity contribution in [3.8, 4) is 56.4 Å². The molecule has 2 aliphatic heterocycles. The van der Waals surface area contributed by atoms with Crippen LogP contribution in [-0.4, -0.2) is 138 Å². The number of benzene rings is 6. The zero-order valence-corrected chi connectivity index (χ0v) is 62.4. The number of rotatable bonds is 19. The third kappa shape index (κ3) is 16.9. The number of nitrogen functional groups attached to an aromatic ring is 2. The summed E-state index contributed by atoms with van der Waals surface area (Å²) in [5, 5.41) is 43.3. The number of imidazole rings is 2. The molecule has 2 fully saturated rings. The Kier molecular flexibility index (Phi) is 23.8. The number of carbonyl (C=O) groups is 1. The fourth-order valence-electron chi connectivity index (χ4n) is 14.1. The van der Waals surface area contributed by atoms with Gasteiger partial charge in [0.2, 0.25) is 0 Å². The molecule has 6 aromatic carbocycles. The van der Waals surface area contributed by atoms with Crippen molar-refractivity contribution in [2.24, 2.45) is 0 Å². The Morgan fingerprint density at radius 3 is 1.53 bits per heavy atom. The fourth-order valence-corrected chi connectivity index (χ4v) is 14.1. The number of halogens is 3. The number of aromatic nitrogens is 13. The van der Waals surface area contributed by atoms with Gasteiger partial charge in [-0.25, -0.2) is 32.5 Å². The standard InChI is InChI=1S/C29H32BFN6O2.C23H29BN4O3.C23H21FN6.C6H7FN2/c1-4-36(30(3)38)17-20-15-32-16-23(18(20)2)19-8-11-26-22(13-19)28(35-37(26)27-7-5-6-12-39-27)29-33-24-10-9-21(31)14-25(24)34-29;1-4-27(24(3)30)14-18-12-25-13-20(16(18)2)17-8-9-22-19(11-17)21(15-29)26-28(22)23-7-5-6-10-31-23;1-3-25-10-15-11-26-12-18(13(15)2)14-4-6-19-17(8-14)22(30-29-19)23-27-20-7-5-16(24)9-21(20)28-23;7-4-1-2-5(8)6(9)3-4/h8-11,13-16,27,38H,4-7,12,17H2,1-3H3,(H,33,34);8-9,11-13,15,23,30H,4-7,10,14H2,1-3H3;4-9,11-12,25H,3,10H2,1-2H3,(H,27,28)(H,29,30);1-3H,8-9H2. The fraction of sp³-hybridized carbons (Fsp3) is 0.296. The van der Waals surface area contributed by atoms with Crippen LogP contribution < -0.4 is 16.8 Å². The highest BCUT2D eigenvalue weighted by atomic mass is 19.1. The third-order valence-corrected chi connectivity index (χ3v) is 20.4. The van der Waals surface area contributed by atoms with Gasteiger partial charge in [-0.3, -0.25) is 24.8 Å². The van der Waals surface area contributed by atoms with Crippen molar-refractivity contribution < 1.29 is 37.5 Å². The molecule has 16 rings (SSSR count). The first-order valence-electron chi connectivity index (χ1n) is 37.0. The van der Waals surface area contributed by atoms with E-state index in [-0.39, 0.29) is 35.6 Å². The van der Waals surface area contributed by atoms with Gasteiger partial charge in [-0.15, -0.1) is 0 Å². The molecule has 28 heteroatoms. The summed E-state index contributed by atoms with van der Waals surface area (Å²) in [6, 6.07) is 31.5. The Bertz CT molecular complexity index is 5550. The molecule has 2 aliphatic rings. The number of hydrogen-bond donors (Lipinski definition) is 8. The minimum Gasteiger partial charge on any atom is -0.437 e. The van der Waals surface area contributed by atoms with Crippen LogP contribution >= 0.6 is 0 Å². The summed E-state index contributed by atoms with van der Waals surface area (Å²) < 4.78 is 55.5. The van der Waals surface area contributed by atoms with E-state index in [9.17, 15) is 28.0 Å². The molecule has 23 nitrogen and oxygen atoms in total. The van der Waals surface area contributed by atoms with Crippen molar-refractivity contribution in [3.05, 3.63) is 203 Å². The van der Waals surface area contributed by atoms with E-state index < -0.39 is 14.1 Å². The van der Waals surface area contributed by atoms with Gasteiger partial charge in [0.15, 0.2) is 30.4 Å². The molecule has 0 amide bonds. The van der Waals surface area contributed by atoms with Gasteiger partial charge in [0.25, 0.3) is 0 Å². The van der Waals surface area contributed by atoms with Gasteiger partial charge in [-0.05, 0) is 234 Å². The van der Waals surface area contributed by atoms with Gasteiger partial charge in [0, 0.05) is 103 Å². The molecule has 8 aromatic heterocycles. The smallest absolute Gasteiger partial charge is 0.376 e. The van der Waals surface area contributed by atoms with Crippen LogP contribution in [0, 0.1) is 38.2 Å². The maximum Gasteiger partial charge on any atom is 0.376 e. The van der Waals surface area contributed by atoms with Gasteiger partial charge in [-0.2, -0.15) is 15.3 Å². The number of nitrogens with two attached hydrogens (primary N) is 2. The van der Waals surface area contributed by atoms with Gasteiger partial charge in [0.1, 0.15) is 34.5 Å². The molecule has 2 saturated heterocycles. The van der Waals surface area contributed by atoms with E-state index in [2.05, 4.69) is 115 Å². The summed E-state index contributed by atoms with van der Waals surface area (Å²) in [7, 11) is -1.06. The quantitative estimate of drug-likeness (QED) is 0.0212. The molecular formula is C81H89B2F3N18O5. The second-order valence-corrected chi connectivity index (χ2v) is 27.5. The molecule has 2 unspecified atom stereocenters. The number of nitrogens with zero attached hydrogens (tertiary/aromatic N) is 12.